The third-order valence-electron chi connectivity index (χ3n) is 2.84. The SMILES string of the molecule is CSc1ccc(/C=C/c2nc3ccccc3s2)cc1. The Morgan fingerprint density at radius 3 is 2.53 bits per heavy atom. The number of fused-ring (bicyclic) bond motifs is 1. The van der Waals surface area contributed by atoms with Gasteiger partial charge in [0.25, 0.3) is 0 Å². The summed E-state index contributed by atoms with van der Waals surface area (Å²) in [5, 5.41) is 1.05. The van der Waals surface area contributed by atoms with Crippen LogP contribution in [0.25, 0.3) is 22.4 Å². The van der Waals surface area contributed by atoms with E-state index < -0.39 is 0 Å². The topological polar surface area (TPSA) is 12.9 Å². The van der Waals surface area contributed by atoms with Crippen molar-refractivity contribution in [3.8, 4) is 0 Å². The zero-order chi connectivity index (χ0) is 13.1. The lowest BCUT2D eigenvalue weighted by atomic mass is 10.2. The second-order valence-electron chi connectivity index (χ2n) is 4.13. The Bertz CT molecular complexity index is 678. The van der Waals surface area contributed by atoms with Gasteiger partial charge < -0.3 is 0 Å². The lowest BCUT2D eigenvalue weighted by molar-refractivity contribution is 1.45. The molecule has 0 bridgehead atoms. The highest BCUT2D eigenvalue weighted by Gasteiger charge is 1.99. The predicted octanol–water partition coefficient (Wildman–Crippen LogP) is 5.19. The number of hydrogen-bond acceptors (Lipinski definition) is 3. The molecule has 0 radical (unpaired) electrons. The molecule has 3 rings (SSSR count). The minimum atomic E-state index is 1.05. The van der Waals surface area contributed by atoms with Gasteiger partial charge in [-0.1, -0.05) is 30.3 Å². The van der Waals surface area contributed by atoms with E-state index in [0.29, 0.717) is 0 Å². The predicted molar refractivity (Wildman–Crippen MR) is 86.8 cm³/mol. The van der Waals surface area contributed by atoms with E-state index in [-0.39, 0.29) is 0 Å². The van der Waals surface area contributed by atoms with Crippen molar-refractivity contribution < 1.29 is 0 Å². The number of thioether (sulfide) groups is 1. The minimum absolute atomic E-state index is 1.05. The summed E-state index contributed by atoms with van der Waals surface area (Å²) >= 11 is 3.48. The van der Waals surface area contributed by atoms with Crippen LogP contribution in [0.1, 0.15) is 10.6 Å². The Morgan fingerprint density at radius 1 is 1.00 bits per heavy atom. The first kappa shape index (κ1) is 12.5. The standard InChI is InChI=1S/C16H13NS2/c1-18-13-9-6-12(7-10-13)8-11-16-17-14-4-2-3-5-15(14)19-16/h2-11H,1H3/b11-8+. The second-order valence-corrected chi connectivity index (χ2v) is 6.07. The summed E-state index contributed by atoms with van der Waals surface area (Å²) in [6, 6.07) is 16.8. The maximum absolute atomic E-state index is 4.59. The van der Waals surface area contributed by atoms with Gasteiger partial charge in [-0.2, -0.15) is 0 Å². The Balaban J connectivity index is 1.84. The molecule has 0 aliphatic carbocycles. The number of benzene rings is 2. The molecule has 0 saturated carbocycles. The maximum Gasteiger partial charge on any atom is 0.117 e. The number of aromatic nitrogens is 1. The average Bonchev–Trinajstić information content (AvgIpc) is 2.88. The zero-order valence-electron chi connectivity index (χ0n) is 10.5. The van der Waals surface area contributed by atoms with Gasteiger partial charge in [0, 0.05) is 4.90 Å². The molecule has 1 nitrogen and oxygen atoms in total. The van der Waals surface area contributed by atoms with Crippen molar-refractivity contribution in [3.63, 3.8) is 0 Å². The van der Waals surface area contributed by atoms with Crippen LogP contribution in [0.15, 0.2) is 53.4 Å². The van der Waals surface area contributed by atoms with Crippen molar-refractivity contribution in [1.29, 1.82) is 0 Å². The molecule has 0 N–H and O–H groups in total. The Labute approximate surface area is 121 Å². The summed E-state index contributed by atoms with van der Waals surface area (Å²) in [5.41, 5.74) is 2.28. The van der Waals surface area contributed by atoms with Crippen molar-refractivity contribution in [1.82, 2.24) is 4.98 Å². The van der Waals surface area contributed by atoms with Gasteiger partial charge in [0.15, 0.2) is 0 Å². The van der Waals surface area contributed by atoms with E-state index >= 15 is 0 Å². The molecule has 2 aromatic carbocycles. The van der Waals surface area contributed by atoms with Gasteiger partial charge >= 0.3 is 0 Å². The smallest absolute Gasteiger partial charge is 0.117 e. The molecule has 94 valence electrons. The molecule has 0 fully saturated rings. The van der Waals surface area contributed by atoms with E-state index in [0.717, 1.165) is 10.5 Å². The lowest BCUT2D eigenvalue weighted by Crippen LogP contribution is -1.73. The molecule has 1 aromatic heterocycles. The third-order valence-corrected chi connectivity index (χ3v) is 4.59. The summed E-state index contributed by atoms with van der Waals surface area (Å²) in [6.45, 7) is 0. The van der Waals surface area contributed by atoms with Crippen LogP contribution in [0.4, 0.5) is 0 Å². The van der Waals surface area contributed by atoms with Crippen molar-refractivity contribution >= 4 is 45.5 Å². The second kappa shape index (κ2) is 5.59. The van der Waals surface area contributed by atoms with E-state index in [2.05, 4.69) is 65.9 Å². The largest absolute Gasteiger partial charge is 0.237 e. The maximum atomic E-state index is 4.59. The van der Waals surface area contributed by atoms with Crippen LogP contribution >= 0.6 is 23.1 Å². The highest BCUT2D eigenvalue weighted by Crippen LogP contribution is 2.23. The van der Waals surface area contributed by atoms with Crippen LogP contribution in [0, 0.1) is 0 Å². The lowest BCUT2D eigenvalue weighted by Gasteiger charge is -1.96. The van der Waals surface area contributed by atoms with Crippen LogP contribution in [-0.4, -0.2) is 11.2 Å². The van der Waals surface area contributed by atoms with Crippen LogP contribution in [0.3, 0.4) is 0 Å². The Morgan fingerprint density at radius 2 is 1.79 bits per heavy atom. The fourth-order valence-electron chi connectivity index (χ4n) is 1.84. The van der Waals surface area contributed by atoms with Crippen molar-refractivity contribution in [2.75, 3.05) is 6.26 Å². The van der Waals surface area contributed by atoms with Gasteiger partial charge in [-0.3, -0.25) is 0 Å². The zero-order valence-corrected chi connectivity index (χ0v) is 12.2. The Hall–Kier alpha value is -1.58. The first-order valence-electron chi connectivity index (χ1n) is 6.03. The quantitative estimate of drug-likeness (QED) is 0.614. The molecule has 3 aromatic rings. The van der Waals surface area contributed by atoms with E-state index in [1.165, 1.54) is 15.2 Å². The van der Waals surface area contributed by atoms with E-state index in [4.69, 9.17) is 0 Å². The van der Waals surface area contributed by atoms with Crippen LogP contribution in [0.2, 0.25) is 0 Å². The van der Waals surface area contributed by atoms with Gasteiger partial charge in [0.05, 0.1) is 10.2 Å². The summed E-state index contributed by atoms with van der Waals surface area (Å²) in [5.74, 6) is 0. The number of nitrogens with zero attached hydrogens (tertiary/aromatic N) is 1. The average molecular weight is 283 g/mol. The monoisotopic (exact) mass is 283 g/mol. The van der Waals surface area contributed by atoms with Crippen molar-refractivity contribution in [3.05, 3.63) is 59.1 Å². The molecule has 0 atom stereocenters. The summed E-state index contributed by atoms with van der Waals surface area (Å²) in [4.78, 5) is 5.88. The van der Waals surface area contributed by atoms with Crippen molar-refractivity contribution in [2.24, 2.45) is 0 Å². The van der Waals surface area contributed by atoms with Gasteiger partial charge in [0.1, 0.15) is 5.01 Å². The van der Waals surface area contributed by atoms with Gasteiger partial charge in [0.2, 0.25) is 0 Å². The molecule has 19 heavy (non-hydrogen) atoms. The molecular weight excluding hydrogens is 270 g/mol. The summed E-state index contributed by atoms with van der Waals surface area (Å²) < 4.78 is 1.24. The molecule has 0 aliphatic heterocycles. The highest BCUT2D eigenvalue weighted by molar-refractivity contribution is 7.98. The molecule has 0 saturated heterocycles. The number of rotatable bonds is 3. The third kappa shape index (κ3) is 2.88. The number of thiazole rings is 1. The fourth-order valence-corrected chi connectivity index (χ4v) is 3.12. The molecule has 0 aliphatic rings. The van der Waals surface area contributed by atoms with E-state index in [1.54, 1.807) is 23.1 Å². The molecule has 3 heteroatoms. The van der Waals surface area contributed by atoms with E-state index in [1.807, 2.05) is 6.07 Å². The summed E-state index contributed by atoms with van der Waals surface area (Å²) in [6.07, 6.45) is 6.28. The molecule has 1 heterocycles. The van der Waals surface area contributed by atoms with Gasteiger partial charge in [-0.15, -0.1) is 23.1 Å². The van der Waals surface area contributed by atoms with Crippen molar-refractivity contribution in [2.45, 2.75) is 4.90 Å². The molecule has 0 amide bonds. The Kier molecular flexibility index (Phi) is 3.67. The van der Waals surface area contributed by atoms with Gasteiger partial charge in [-0.25, -0.2) is 4.98 Å². The normalized spacial score (nSPS) is 11.4. The number of para-hydroxylation sites is 1. The van der Waals surface area contributed by atoms with Crippen LogP contribution < -0.4 is 0 Å². The molecule has 0 unspecified atom stereocenters. The highest BCUT2D eigenvalue weighted by atomic mass is 32.2. The summed E-state index contributed by atoms with van der Waals surface area (Å²) in [7, 11) is 0. The van der Waals surface area contributed by atoms with Crippen LogP contribution in [0.5, 0.6) is 0 Å². The first-order valence-corrected chi connectivity index (χ1v) is 8.07. The molecular formula is C16H13NS2. The van der Waals surface area contributed by atoms with Gasteiger partial charge in [-0.05, 0) is 42.2 Å². The molecule has 0 spiro atoms. The van der Waals surface area contributed by atoms with E-state index in [9.17, 15) is 0 Å². The number of hydrogen-bond donors (Lipinski definition) is 0. The van der Waals surface area contributed by atoms with Crippen LogP contribution in [-0.2, 0) is 0 Å². The fraction of sp³-hybridized carbons (Fsp3) is 0.0625. The minimum Gasteiger partial charge on any atom is -0.237 e. The first-order chi connectivity index (χ1) is 9.35.